The minimum atomic E-state index is -0.680. The summed E-state index contributed by atoms with van der Waals surface area (Å²) in [5, 5.41) is 6.68. The summed E-state index contributed by atoms with van der Waals surface area (Å²) in [7, 11) is 0. The highest BCUT2D eigenvalue weighted by Crippen LogP contribution is 2.21. The van der Waals surface area contributed by atoms with Gasteiger partial charge in [0.15, 0.2) is 5.76 Å². The number of hydrogen-bond acceptors (Lipinski definition) is 9. The molecule has 11 nitrogen and oxygen atoms in total. The van der Waals surface area contributed by atoms with Crippen molar-refractivity contribution in [1.82, 2.24) is 35.4 Å². The Kier molecular flexibility index (Phi) is 8.64. The molecule has 6 rings (SSSR count). The third-order valence-corrected chi connectivity index (χ3v) is 7.44. The minimum absolute atomic E-state index is 0.0863. The molecule has 0 spiro atoms. The monoisotopic (exact) mass is 594 g/mol. The van der Waals surface area contributed by atoms with Crippen LogP contribution in [0.5, 0.6) is 0 Å². The van der Waals surface area contributed by atoms with E-state index in [4.69, 9.17) is 10.3 Å². The molecular formula is C32H31FN8O3. The van der Waals surface area contributed by atoms with E-state index in [2.05, 4.69) is 20.6 Å². The third-order valence-electron chi connectivity index (χ3n) is 7.44. The second-order valence-electron chi connectivity index (χ2n) is 10.6. The SMILES string of the molecule is NC1CN(Cc2cccc3ncccc23)C(=O)CN1C(=O)CN(Cc1cc(-c2cccc(F)n2)no1)NCc1ccccc1. The van der Waals surface area contributed by atoms with Crippen LogP contribution in [0, 0.1) is 5.95 Å². The molecule has 2 amide bonds. The van der Waals surface area contributed by atoms with Gasteiger partial charge in [-0.2, -0.15) is 4.39 Å². The molecule has 5 aromatic rings. The minimum Gasteiger partial charge on any atom is -0.359 e. The molecule has 2 aromatic carbocycles. The van der Waals surface area contributed by atoms with E-state index < -0.39 is 12.1 Å². The Hall–Kier alpha value is -5.04. The van der Waals surface area contributed by atoms with Crippen LogP contribution in [0.25, 0.3) is 22.3 Å². The summed E-state index contributed by atoms with van der Waals surface area (Å²) in [6.07, 6.45) is 1.05. The summed E-state index contributed by atoms with van der Waals surface area (Å²) in [6, 6.07) is 25.5. The molecule has 1 aliphatic rings. The van der Waals surface area contributed by atoms with E-state index in [0.717, 1.165) is 22.0 Å². The van der Waals surface area contributed by atoms with Crippen molar-refractivity contribution in [2.75, 3.05) is 19.6 Å². The Morgan fingerprint density at radius 3 is 2.73 bits per heavy atom. The molecule has 1 unspecified atom stereocenters. The summed E-state index contributed by atoms with van der Waals surface area (Å²) in [6.45, 7) is 0.962. The molecular weight excluding hydrogens is 563 g/mol. The fourth-order valence-corrected chi connectivity index (χ4v) is 5.19. The van der Waals surface area contributed by atoms with Crippen molar-refractivity contribution >= 4 is 22.7 Å². The number of nitrogens with zero attached hydrogens (tertiary/aromatic N) is 6. The van der Waals surface area contributed by atoms with Crippen molar-refractivity contribution < 1.29 is 18.5 Å². The molecule has 1 saturated heterocycles. The number of hydrazine groups is 1. The number of pyridine rings is 2. The van der Waals surface area contributed by atoms with Crippen LogP contribution in [-0.2, 0) is 29.2 Å². The van der Waals surface area contributed by atoms with Crippen LogP contribution in [0.4, 0.5) is 4.39 Å². The largest absolute Gasteiger partial charge is 0.359 e. The molecule has 4 heterocycles. The number of amides is 2. The summed E-state index contributed by atoms with van der Waals surface area (Å²) < 4.78 is 19.1. The number of benzene rings is 2. The average Bonchev–Trinajstić information content (AvgIpc) is 3.50. The molecule has 224 valence electrons. The normalized spacial score (nSPS) is 15.3. The number of nitrogens with two attached hydrogens (primary N) is 1. The van der Waals surface area contributed by atoms with Gasteiger partial charge in [0, 0.05) is 30.7 Å². The highest BCUT2D eigenvalue weighted by atomic mass is 19.1. The maximum Gasteiger partial charge on any atom is 0.242 e. The number of carbonyl (C=O) groups excluding carboxylic acids is 2. The lowest BCUT2D eigenvalue weighted by molar-refractivity contribution is -0.150. The van der Waals surface area contributed by atoms with Crippen LogP contribution in [0.15, 0.2) is 95.6 Å². The Morgan fingerprint density at radius 2 is 1.89 bits per heavy atom. The molecule has 12 heteroatoms. The standard InChI is InChI=1S/C32H31FN8O3/c33-29-13-5-12-27(37-29)28-15-24(44-38-28)18-40(36-16-22-7-2-1-3-8-22)20-32(43)41-21-31(42)39(19-30(41)34)17-23-9-4-11-26-25(23)10-6-14-35-26/h1-15,30,36H,16-21,34H2. The third kappa shape index (κ3) is 6.78. The quantitative estimate of drug-likeness (QED) is 0.185. The Labute approximate surface area is 253 Å². The number of fused-ring (bicyclic) bond motifs is 1. The van der Waals surface area contributed by atoms with Crippen molar-refractivity contribution in [1.29, 1.82) is 0 Å². The van der Waals surface area contributed by atoms with Gasteiger partial charge in [0.1, 0.15) is 12.2 Å². The molecule has 44 heavy (non-hydrogen) atoms. The van der Waals surface area contributed by atoms with E-state index in [0.29, 0.717) is 30.2 Å². The Bertz CT molecular complexity index is 1760. The fourth-order valence-electron chi connectivity index (χ4n) is 5.19. The van der Waals surface area contributed by atoms with Crippen molar-refractivity contribution in [2.24, 2.45) is 5.73 Å². The topological polar surface area (TPSA) is 134 Å². The van der Waals surface area contributed by atoms with E-state index in [-0.39, 0.29) is 38.0 Å². The van der Waals surface area contributed by atoms with E-state index in [9.17, 15) is 14.0 Å². The maximum atomic E-state index is 13.6. The van der Waals surface area contributed by atoms with Gasteiger partial charge < -0.3 is 20.1 Å². The van der Waals surface area contributed by atoms with Crippen LogP contribution in [0.3, 0.4) is 0 Å². The summed E-state index contributed by atoms with van der Waals surface area (Å²) in [5.74, 6) is -0.683. The van der Waals surface area contributed by atoms with E-state index in [1.54, 1.807) is 34.3 Å². The van der Waals surface area contributed by atoms with E-state index in [1.807, 2.05) is 60.7 Å². The zero-order chi connectivity index (χ0) is 30.5. The second-order valence-corrected chi connectivity index (χ2v) is 10.6. The van der Waals surface area contributed by atoms with E-state index >= 15 is 0 Å². The predicted octanol–water partition coefficient (Wildman–Crippen LogP) is 3.09. The molecule has 3 N–H and O–H groups in total. The first-order chi connectivity index (χ1) is 21.4. The van der Waals surface area contributed by atoms with Crippen LogP contribution in [0.1, 0.15) is 16.9 Å². The van der Waals surface area contributed by atoms with Crippen molar-refractivity contribution in [3.8, 4) is 11.4 Å². The number of nitrogens with one attached hydrogen (secondary N) is 1. The Morgan fingerprint density at radius 1 is 1.05 bits per heavy atom. The molecule has 1 atom stereocenters. The fraction of sp³-hybridized carbons (Fsp3) is 0.219. The Balaban J connectivity index is 1.13. The molecule has 1 fully saturated rings. The van der Waals surface area contributed by atoms with Gasteiger partial charge in [0.25, 0.3) is 0 Å². The molecule has 0 radical (unpaired) electrons. The number of piperazine rings is 1. The number of carbonyl (C=O) groups is 2. The number of hydrogen-bond donors (Lipinski definition) is 2. The van der Waals surface area contributed by atoms with Crippen LogP contribution in [-0.4, -0.2) is 67.5 Å². The first-order valence-electron chi connectivity index (χ1n) is 14.2. The van der Waals surface area contributed by atoms with Crippen LogP contribution < -0.4 is 11.2 Å². The van der Waals surface area contributed by atoms with Crippen molar-refractivity contribution in [3.63, 3.8) is 0 Å². The summed E-state index contributed by atoms with van der Waals surface area (Å²) in [5.41, 5.74) is 13.3. The van der Waals surface area contributed by atoms with Gasteiger partial charge in [-0.1, -0.05) is 59.8 Å². The molecule has 3 aromatic heterocycles. The predicted molar refractivity (Wildman–Crippen MR) is 160 cm³/mol. The van der Waals surface area contributed by atoms with Gasteiger partial charge in [-0.25, -0.2) is 15.4 Å². The zero-order valence-corrected chi connectivity index (χ0v) is 23.8. The van der Waals surface area contributed by atoms with Crippen molar-refractivity contribution in [3.05, 3.63) is 114 Å². The highest BCUT2D eigenvalue weighted by Gasteiger charge is 2.34. The van der Waals surface area contributed by atoms with Gasteiger partial charge in [-0.3, -0.25) is 14.6 Å². The van der Waals surface area contributed by atoms with Gasteiger partial charge in [0.05, 0.1) is 37.0 Å². The lowest BCUT2D eigenvalue weighted by atomic mass is 10.1. The molecule has 0 bridgehead atoms. The number of halogens is 1. The lowest BCUT2D eigenvalue weighted by Crippen LogP contribution is -2.62. The van der Waals surface area contributed by atoms with Gasteiger partial charge in [-0.15, -0.1) is 0 Å². The first kappa shape index (κ1) is 29.1. The highest BCUT2D eigenvalue weighted by molar-refractivity contribution is 5.88. The molecule has 0 saturated carbocycles. The van der Waals surface area contributed by atoms with Crippen LogP contribution in [0.2, 0.25) is 0 Å². The van der Waals surface area contributed by atoms with Crippen molar-refractivity contribution in [2.45, 2.75) is 25.8 Å². The maximum absolute atomic E-state index is 13.6. The lowest BCUT2D eigenvalue weighted by Gasteiger charge is -2.40. The molecule has 0 aliphatic carbocycles. The van der Waals surface area contributed by atoms with Gasteiger partial charge >= 0.3 is 0 Å². The average molecular weight is 595 g/mol. The van der Waals surface area contributed by atoms with E-state index in [1.165, 1.54) is 11.0 Å². The smallest absolute Gasteiger partial charge is 0.242 e. The van der Waals surface area contributed by atoms with Gasteiger partial charge in [0.2, 0.25) is 17.8 Å². The second kappa shape index (κ2) is 13.1. The number of aromatic nitrogens is 3. The van der Waals surface area contributed by atoms with Gasteiger partial charge in [-0.05, 0) is 35.4 Å². The molecule has 1 aliphatic heterocycles. The summed E-state index contributed by atoms with van der Waals surface area (Å²) in [4.78, 5) is 38.1. The number of rotatable bonds is 10. The first-order valence-corrected chi connectivity index (χ1v) is 14.2. The zero-order valence-electron chi connectivity index (χ0n) is 23.8. The summed E-state index contributed by atoms with van der Waals surface area (Å²) >= 11 is 0. The van der Waals surface area contributed by atoms with Crippen LogP contribution >= 0.6 is 0 Å².